The first kappa shape index (κ1) is 14.4. The summed E-state index contributed by atoms with van der Waals surface area (Å²) in [6.07, 6.45) is 4.64. The van der Waals surface area contributed by atoms with Gasteiger partial charge in [-0.3, -0.25) is 0 Å². The van der Waals surface area contributed by atoms with Crippen molar-refractivity contribution in [2.75, 3.05) is 0 Å². The van der Waals surface area contributed by atoms with Gasteiger partial charge in [-0.2, -0.15) is 0 Å². The predicted molar refractivity (Wildman–Crippen MR) is 78.3 cm³/mol. The van der Waals surface area contributed by atoms with E-state index < -0.39 is 0 Å². The van der Waals surface area contributed by atoms with Crippen molar-refractivity contribution >= 4 is 0 Å². The average Bonchev–Trinajstić information content (AvgIpc) is 2.37. The maximum Gasteiger partial charge on any atom is 0.120 e. The summed E-state index contributed by atoms with van der Waals surface area (Å²) in [5.41, 5.74) is 0.997. The van der Waals surface area contributed by atoms with E-state index in [9.17, 15) is 5.11 Å². The molecule has 1 aliphatic rings. The molecule has 0 aliphatic heterocycles. The van der Waals surface area contributed by atoms with Crippen LogP contribution in [0.5, 0.6) is 5.75 Å². The van der Waals surface area contributed by atoms with Crippen LogP contribution in [0.25, 0.3) is 0 Å². The number of aliphatic hydroxyl groups is 1. The van der Waals surface area contributed by atoms with Crippen molar-refractivity contribution in [2.24, 2.45) is 11.8 Å². The van der Waals surface area contributed by atoms with Gasteiger partial charge in [-0.05, 0) is 56.2 Å². The van der Waals surface area contributed by atoms with Gasteiger partial charge in [0.2, 0.25) is 0 Å². The number of rotatable bonds is 4. The molecule has 2 nitrogen and oxygen atoms in total. The molecule has 1 saturated carbocycles. The first-order valence-corrected chi connectivity index (χ1v) is 7.51. The van der Waals surface area contributed by atoms with Crippen LogP contribution in [-0.4, -0.2) is 11.2 Å². The highest BCUT2D eigenvalue weighted by molar-refractivity contribution is 5.30. The van der Waals surface area contributed by atoms with Crippen LogP contribution in [0.15, 0.2) is 24.3 Å². The molecule has 3 atom stereocenters. The molecule has 0 heterocycles. The van der Waals surface area contributed by atoms with E-state index in [4.69, 9.17) is 4.74 Å². The lowest BCUT2D eigenvalue weighted by Crippen LogP contribution is -2.20. The Balaban J connectivity index is 2.07. The van der Waals surface area contributed by atoms with Crippen molar-refractivity contribution in [2.45, 2.75) is 58.7 Å². The van der Waals surface area contributed by atoms with Crippen LogP contribution in [0.4, 0.5) is 0 Å². The second-order valence-corrected chi connectivity index (χ2v) is 6.22. The molecule has 1 fully saturated rings. The molecule has 0 spiro atoms. The second-order valence-electron chi connectivity index (χ2n) is 6.22. The molecule has 1 N–H and O–H groups in total. The summed E-state index contributed by atoms with van der Waals surface area (Å²) in [7, 11) is 0. The summed E-state index contributed by atoms with van der Waals surface area (Å²) in [5.74, 6) is 2.00. The normalized spacial score (nSPS) is 25.3. The van der Waals surface area contributed by atoms with Gasteiger partial charge in [-0.15, -0.1) is 0 Å². The molecule has 2 heteroatoms. The Hall–Kier alpha value is -1.02. The van der Waals surface area contributed by atoms with Crippen molar-refractivity contribution in [3.05, 3.63) is 29.8 Å². The molecule has 0 amide bonds. The van der Waals surface area contributed by atoms with Gasteiger partial charge in [0, 0.05) is 0 Å². The lowest BCUT2D eigenvalue weighted by Gasteiger charge is -2.30. The highest BCUT2D eigenvalue weighted by Gasteiger charge is 2.26. The van der Waals surface area contributed by atoms with Crippen molar-refractivity contribution in [1.29, 1.82) is 0 Å². The lowest BCUT2D eigenvalue weighted by molar-refractivity contribution is 0.0711. The van der Waals surface area contributed by atoms with E-state index in [1.807, 2.05) is 38.1 Å². The van der Waals surface area contributed by atoms with Gasteiger partial charge in [0.05, 0.1) is 12.2 Å². The topological polar surface area (TPSA) is 29.5 Å². The van der Waals surface area contributed by atoms with Crippen LogP contribution < -0.4 is 4.74 Å². The minimum Gasteiger partial charge on any atom is -0.491 e. The van der Waals surface area contributed by atoms with Gasteiger partial charge in [0.1, 0.15) is 5.75 Å². The van der Waals surface area contributed by atoms with Crippen LogP contribution in [0.3, 0.4) is 0 Å². The highest BCUT2D eigenvalue weighted by atomic mass is 16.5. The van der Waals surface area contributed by atoms with Gasteiger partial charge in [-0.1, -0.05) is 31.9 Å². The van der Waals surface area contributed by atoms with E-state index in [-0.39, 0.29) is 12.2 Å². The molecule has 0 saturated heterocycles. The summed E-state index contributed by atoms with van der Waals surface area (Å²) in [4.78, 5) is 0. The zero-order valence-corrected chi connectivity index (χ0v) is 12.3. The summed E-state index contributed by atoms with van der Waals surface area (Å²) < 4.78 is 5.70. The van der Waals surface area contributed by atoms with Crippen molar-refractivity contribution < 1.29 is 9.84 Å². The molecular formula is C17H26O2. The number of benzene rings is 1. The van der Waals surface area contributed by atoms with Gasteiger partial charge in [-0.25, -0.2) is 0 Å². The van der Waals surface area contributed by atoms with E-state index in [2.05, 4.69) is 6.92 Å². The SMILES string of the molecule is CC1CCCC(C(O)c2cccc(OC(C)C)c2)C1. The quantitative estimate of drug-likeness (QED) is 0.875. The van der Waals surface area contributed by atoms with E-state index >= 15 is 0 Å². The summed E-state index contributed by atoms with van der Waals surface area (Å²) >= 11 is 0. The van der Waals surface area contributed by atoms with Crippen LogP contribution in [0.1, 0.15) is 58.1 Å². The average molecular weight is 262 g/mol. The predicted octanol–water partition coefficient (Wildman–Crippen LogP) is 4.33. The maximum absolute atomic E-state index is 10.6. The first-order chi connectivity index (χ1) is 9.06. The fourth-order valence-corrected chi connectivity index (χ4v) is 3.08. The van der Waals surface area contributed by atoms with Crippen LogP contribution in [0.2, 0.25) is 0 Å². The molecule has 1 aromatic carbocycles. The Morgan fingerprint density at radius 2 is 2.05 bits per heavy atom. The molecule has 1 aliphatic carbocycles. The molecule has 19 heavy (non-hydrogen) atoms. The number of hydrogen-bond donors (Lipinski definition) is 1. The maximum atomic E-state index is 10.6. The lowest BCUT2D eigenvalue weighted by atomic mass is 9.78. The van der Waals surface area contributed by atoms with E-state index in [0.717, 1.165) is 30.1 Å². The smallest absolute Gasteiger partial charge is 0.120 e. The zero-order chi connectivity index (χ0) is 13.8. The molecular weight excluding hydrogens is 236 g/mol. The third kappa shape index (κ3) is 3.97. The molecule has 3 unspecified atom stereocenters. The fraction of sp³-hybridized carbons (Fsp3) is 0.647. The molecule has 0 aromatic heterocycles. The number of aliphatic hydroxyl groups excluding tert-OH is 1. The van der Waals surface area contributed by atoms with Crippen LogP contribution in [0, 0.1) is 11.8 Å². The molecule has 106 valence electrons. The summed E-state index contributed by atoms with van der Waals surface area (Å²) in [6.45, 7) is 6.33. The van der Waals surface area contributed by atoms with Crippen LogP contribution in [-0.2, 0) is 0 Å². The summed E-state index contributed by atoms with van der Waals surface area (Å²) in [6, 6.07) is 7.93. The zero-order valence-electron chi connectivity index (χ0n) is 12.3. The minimum absolute atomic E-state index is 0.169. The van der Waals surface area contributed by atoms with Crippen molar-refractivity contribution in [3.63, 3.8) is 0 Å². The Kier molecular flexibility index (Phi) is 4.87. The third-order valence-electron chi connectivity index (χ3n) is 3.99. The number of ether oxygens (including phenoxy) is 1. The van der Waals surface area contributed by atoms with Crippen molar-refractivity contribution in [1.82, 2.24) is 0 Å². The number of hydrogen-bond acceptors (Lipinski definition) is 2. The fourth-order valence-electron chi connectivity index (χ4n) is 3.08. The van der Waals surface area contributed by atoms with E-state index in [1.165, 1.54) is 12.8 Å². The Bertz CT molecular complexity index is 400. The van der Waals surface area contributed by atoms with Gasteiger partial charge in [0.25, 0.3) is 0 Å². The third-order valence-corrected chi connectivity index (χ3v) is 3.99. The molecule has 2 rings (SSSR count). The van der Waals surface area contributed by atoms with Gasteiger partial charge in [0.15, 0.2) is 0 Å². The Labute approximate surface area is 116 Å². The van der Waals surface area contributed by atoms with Gasteiger partial charge < -0.3 is 9.84 Å². The molecule has 0 bridgehead atoms. The Morgan fingerprint density at radius 3 is 2.74 bits per heavy atom. The van der Waals surface area contributed by atoms with Gasteiger partial charge >= 0.3 is 0 Å². The second kappa shape index (κ2) is 6.42. The first-order valence-electron chi connectivity index (χ1n) is 7.51. The van der Waals surface area contributed by atoms with E-state index in [0.29, 0.717) is 5.92 Å². The molecule has 0 radical (unpaired) electrons. The Morgan fingerprint density at radius 1 is 1.26 bits per heavy atom. The highest BCUT2D eigenvalue weighted by Crippen LogP contribution is 2.37. The largest absolute Gasteiger partial charge is 0.491 e. The van der Waals surface area contributed by atoms with E-state index in [1.54, 1.807) is 0 Å². The van der Waals surface area contributed by atoms with Crippen molar-refractivity contribution in [3.8, 4) is 5.75 Å². The van der Waals surface area contributed by atoms with Crippen LogP contribution >= 0.6 is 0 Å². The summed E-state index contributed by atoms with van der Waals surface area (Å²) in [5, 5.41) is 10.6. The molecule has 1 aromatic rings. The monoisotopic (exact) mass is 262 g/mol. The standard InChI is InChI=1S/C17H26O2/c1-12(2)19-16-9-5-8-15(11-16)17(18)14-7-4-6-13(3)10-14/h5,8-9,11-14,17-18H,4,6-7,10H2,1-3H3. The minimum atomic E-state index is -0.349.